The number of anilines is 1. The molecule has 4 nitrogen and oxygen atoms in total. The van der Waals surface area contributed by atoms with Gasteiger partial charge in [0.05, 0.1) is 6.04 Å². The predicted octanol–water partition coefficient (Wildman–Crippen LogP) is 4.77. The number of ether oxygens (including phenoxy) is 1. The van der Waals surface area contributed by atoms with Crippen molar-refractivity contribution in [2.75, 3.05) is 4.90 Å². The van der Waals surface area contributed by atoms with E-state index < -0.39 is 29.8 Å². The number of amides is 1. The fourth-order valence-corrected chi connectivity index (χ4v) is 2.77. The lowest BCUT2D eigenvalue weighted by Crippen LogP contribution is -2.29. The molecule has 2 aromatic rings. The summed E-state index contributed by atoms with van der Waals surface area (Å²) in [6.07, 6.45) is -3.44. The Labute approximate surface area is 145 Å². The Hall–Kier alpha value is -2.67. The van der Waals surface area contributed by atoms with Crippen LogP contribution in [-0.2, 0) is 4.79 Å². The lowest BCUT2D eigenvalue weighted by molar-refractivity contribution is -0.274. The Balaban J connectivity index is 1.92. The first kappa shape index (κ1) is 17.2. The van der Waals surface area contributed by atoms with Crippen molar-refractivity contribution >= 4 is 23.2 Å². The maximum Gasteiger partial charge on any atom is 0.573 e. The van der Waals surface area contributed by atoms with Gasteiger partial charge in [0.15, 0.2) is 5.76 Å². The molecule has 130 valence electrons. The van der Waals surface area contributed by atoms with Gasteiger partial charge in [-0.1, -0.05) is 23.7 Å². The summed E-state index contributed by atoms with van der Waals surface area (Å²) >= 11 is 5.96. The van der Waals surface area contributed by atoms with Gasteiger partial charge in [-0.15, -0.1) is 13.2 Å². The molecule has 8 heteroatoms. The van der Waals surface area contributed by atoms with Gasteiger partial charge < -0.3 is 9.84 Å². The van der Waals surface area contributed by atoms with E-state index in [-0.39, 0.29) is 0 Å². The maximum absolute atomic E-state index is 12.3. The van der Waals surface area contributed by atoms with E-state index in [4.69, 9.17) is 11.6 Å². The third kappa shape index (κ3) is 3.71. The summed E-state index contributed by atoms with van der Waals surface area (Å²) in [5, 5.41) is 10.3. The molecule has 0 spiro atoms. The van der Waals surface area contributed by atoms with Crippen LogP contribution in [-0.4, -0.2) is 17.4 Å². The second kappa shape index (κ2) is 6.33. The fourth-order valence-electron chi connectivity index (χ4n) is 2.57. The normalized spacial score (nSPS) is 17.6. The van der Waals surface area contributed by atoms with Gasteiger partial charge in [-0.3, -0.25) is 9.69 Å². The van der Waals surface area contributed by atoms with Crippen molar-refractivity contribution in [3.05, 3.63) is 71.0 Å². The van der Waals surface area contributed by atoms with Crippen LogP contribution in [0.3, 0.4) is 0 Å². The Morgan fingerprint density at radius 2 is 1.80 bits per heavy atom. The van der Waals surface area contributed by atoms with E-state index in [0.29, 0.717) is 16.3 Å². The van der Waals surface area contributed by atoms with Crippen LogP contribution in [0.25, 0.3) is 0 Å². The summed E-state index contributed by atoms with van der Waals surface area (Å²) in [5.74, 6) is -1.51. The highest BCUT2D eigenvalue weighted by atomic mass is 35.5. The summed E-state index contributed by atoms with van der Waals surface area (Å²) in [7, 11) is 0. The van der Waals surface area contributed by atoms with Gasteiger partial charge in [0.1, 0.15) is 5.75 Å². The fraction of sp³-hybridized carbons (Fsp3) is 0.118. The van der Waals surface area contributed by atoms with Crippen LogP contribution in [0.5, 0.6) is 5.75 Å². The van der Waals surface area contributed by atoms with Gasteiger partial charge in [-0.05, 0) is 48.0 Å². The first-order chi connectivity index (χ1) is 11.7. The minimum Gasteiger partial charge on any atom is -0.503 e. The van der Waals surface area contributed by atoms with Crippen LogP contribution in [0.1, 0.15) is 11.6 Å². The second-order valence-corrected chi connectivity index (χ2v) is 5.71. The van der Waals surface area contributed by atoms with Gasteiger partial charge in [-0.25, -0.2) is 0 Å². The molecule has 1 aliphatic heterocycles. The largest absolute Gasteiger partial charge is 0.573 e. The number of nitrogens with zero attached hydrogens (tertiary/aromatic N) is 1. The predicted molar refractivity (Wildman–Crippen MR) is 85.5 cm³/mol. The van der Waals surface area contributed by atoms with Crippen molar-refractivity contribution < 1.29 is 27.8 Å². The molecule has 2 aromatic carbocycles. The van der Waals surface area contributed by atoms with Crippen LogP contribution in [0, 0.1) is 0 Å². The molecule has 0 aliphatic carbocycles. The molecule has 1 unspecified atom stereocenters. The van der Waals surface area contributed by atoms with Gasteiger partial charge in [0.25, 0.3) is 5.91 Å². The third-order valence-electron chi connectivity index (χ3n) is 3.57. The van der Waals surface area contributed by atoms with Gasteiger partial charge in [0.2, 0.25) is 0 Å². The van der Waals surface area contributed by atoms with Crippen molar-refractivity contribution in [3.8, 4) is 5.75 Å². The molecule has 0 saturated heterocycles. The molecular formula is C17H11ClF3NO3. The van der Waals surface area contributed by atoms with Crippen LogP contribution in [0.15, 0.2) is 60.4 Å². The molecule has 0 fully saturated rings. The van der Waals surface area contributed by atoms with E-state index in [1.54, 1.807) is 24.3 Å². The van der Waals surface area contributed by atoms with Crippen molar-refractivity contribution in [2.24, 2.45) is 0 Å². The van der Waals surface area contributed by atoms with Crippen LogP contribution < -0.4 is 9.64 Å². The Morgan fingerprint density at radius 1 is 1.12 bits per heavy atom. The monoisotopic (exact) mass is 369 g/mol. The summed E-state index contributed by atoms with van der Waals surface area (Å²) in [6, 6.07) is 10.9. The number of benzene rings is 2. The first-order valence-corrected chi connectivity index (χ1v) is 7.48. The number of hydrogen-bond donors (Lipinski definition) is 1. The van der Waals surface area contributed by atoms with Crippen molar-refractivity contribution in [1.29, 1.82) is 0 Å². The lowest BCUT2D eigenvalue weighted by Gasteiger charge is -2.25. The summed E-state index contributed by atoms with van der Waals surface area (Å²) in [5.41, 5.74) is 0.963. The Bertz CT molecular complexity index is 834. The van der Waals surface area contributed by atoms with Crippen molar-refractivity contribution in [1.82, 2.24) is 0 Å². The van der Waals surface area contributed by atoms with E-state index >= 15 is 0 Å². The molecule has 1 atom stereocenters. The second-order valence-electron chi connectivity index (χ2n) is 5.27. The van der Waals surface area contributed by atoms with Crippen LogP contribution >= 0.6 is 11.6 Å². The zero-order chi connectivity index (χ0) is 18.2. The van der Waals surface area contributed by atoms with E-state index in [9.17, 15) is 23.1 Å². The molecule has 0 saturated carbocycles. The highest BCUT2D eigenvalue weighted by Crippen LogP contribution is 2.36. The number of halogens is 4. The summed E-state index contributed by atoms with van der Waals surface area (Å²) in [4.78, 5) is 13.5. The van der Waals surface area contributed by atoms with Crippen LogP contribution in [0.2, 0.25) is 5.02 Å². The first-order valence-electron chi connectivity index (χ1n) is 7.10. The standard InChI is InChI=1S/C17H11ClF3NO3/c18-11-3-1-2-10(8-11)14-9-15(23)16(24)22(14)12-4-6-13(7-5-12)25-17(19,20)21/h1-9,14,23H. The number of carbonyl (C=O) groups is 1. The molecule has 0 radical (unpaired) electrons. The highest BCUT2D eigenvalue weighted by Gasteiger charge is 2.35. The maximum atomic E-state index is 12.3. The summed E-state index contributed by atoms with van der Waals surface area (Å²) in [6.45, 7) is 0. The smallest absolute Gasteiger partial charge is 0.503 e. The summed E-state index contributed by atoms with van der Waals surface area (Å²) < 4.78 is 40.5. The van der Waals surface area contributed by atoms with Gasteiger partial charge in [0, 0.05) is 10.7 Å². The molecule has 0 bridgehead atoms. The number of rotatable bonds is 3. The highest BCUT2D eigenvalue weighted by molar-refractivity contribution is 6.30. The Morgan fingerprint density at radius 3 is 2.40 bits per heavy atom. The average molecular weight is 370 g/mol. The van der Waals surface area contributed by atoms with E-state index in [2.05, 4.69) is 4.74 Å². The molecule has 3 rings (SSSR count). The van der Waals surface area contributed by atoms with E-state index in [1.165, 1.54) is 23.1 Å². The zero-order valence-electron chi connectivity index (χ0n) is 12.5. The number of aliphatic hydroxyl groups excluding tert-OH is 1. The molecular weight excluding hydrogens is 359 g/mol. The quantitative estimate of drug-likeness (QED) is 0.848. The van der Waals surface area contributed by atoms with Crippen LogP contribution in [0.4, 0.5) is 18.9 Å². The van der Waals surface area contributed by atoms with E-state index in [1.807, 2.05) is 0 Å². The average Bonchev–Trinajstić information content (AvgIpc) is 2.82. The molecule has 1 heterocycles. The molecule has 25 heavy (non-hydrogen) atoms. The van der Waals surface area contributed by atoms with Crippen molar-refractivity contribution in [2.45, 2.75) is 12.4 Å². The zero-order valence-corrected chi connectivity index (χ0v) is 13.3. The lowest BCUT2D eigenvalue weighted by atomic mass is 10.1. The SMILES string of the molecule is O=C1C(O)=CC(c2cccc(Cl)c2)N1c1ccc(OC(F)(F)F)cc1. The van der Waals surface area contributed by atoms with Crippen molar-refractivity contribution in [3.63, 3.8) is 0 Å². The van der Waals surface area contributed by atoms with Gasteiger partial charge >= 0.3 is 6.36 Å². The van der Waals surface area contributed by atoms with E-state index in [0.717, 1.165) is 12.1 Å². The van der Waals surface area contributed by atoms with Gasteiger partial charge in [-0.2, -0.15) is 0 Å². The minimum atomic E-state index is -4.80. The number of hydrogen-bond acceptors (Lipinski definition) is 3. The molecule has 1 amide bonds. The topological polar surface area (TPSA) is 49.8 Å². The minimum absolute atomic E-state index is 0.310. The number of alkyl halides is 3. The molecule has 0 aromatic heterocycles. The number of carbonyl (C=O) groups excluding carboxylic acids is 1. The number of aliphatic hydroxyl groups is 1. The third-order valence-corrected chi connectivity index (χ3v) is 3.81. The molecule has 1 aliphatic rings. The Kier molecular flexibility index (Phi) is 4.34. The molecule has 1 N–H and O–H groups in total.